The van der Waals surface area contributed by atoms with Crippen LogP contribution in [0.15, 0.2) is 18.2 Å². The third kappa shape index (κ3) is 4.17. The summed E-state index contributed by atoms with van der Waals surface area (Å²) in [6, 6.07) is 5.58. The van der Waals surface area contributed by atoms with Crippen LogP contribution >= 0.6 is 0 Å². The number of nitrogens with one attached hydrogen (secondary N) is 1. The highest BCUT2D eigenvalue weighted by Crippen LogP contribution is 2.29. The predicted molar refractivity (Wildman–Crippen MR) is 82.8 cm³/mol. The van der Waals surface area contributed by atoms with Crippen LogP contribution in [0.3, 0.4) is 0 Å². The van der Waals surface area contributed by atoms with Crippen molar-refractivity contribution in [2.75, 3.05) is 14.2 Å². The van der Waals surface area contributed by atoms with E-state index in [0.29, 0.717) is 17.7 Å². The van der Waals surface area contributed by atoms with Gasteiger partial charge in [0.15, 0.2) is 0 Å². The molecule has 0 bridgehead atoms. The van der Waals surface area contributed by atoms with Crippen molar-refractivity contribution in [2.45, 2.75) is 44.6 Å². The molecule has 2 unspecified atom stereocenters. The topological polar surface area (TPSA) is 64.4 Å². The van der Waals surface area contributed by atoms with E-state index in [-0.39, 0.29) is 10.6 Å². The Morgan fingerprint density at radius 3 is 2.71 bits per heavy atom. The van der Waals surface area contributed by atoms with Crippen LogP contribution in [0.1, 0.15) is 37.7 Å². The first-order chi connectivity index (χ1) is 10.1. The maximum Gasteiger partial charge on any atom is 0.273 e. The third-order valence-corrected chi connectivity index (χ3v) is 4.43. The second-order valence-corrected chi connectivity index (χ2v) is 5.79. The van der Waals surface area contributed by atoms with Crippen LogP contribution in [0.2, 0.25) is 0 Å². The summed E-state index contributed by atoms with van der Waals surface area (Å²) in [5, 5.41) is 14.4. The Labute approximate surface area is 125 Å². The van der Waals surface area contributed by atoms with Crippen LogP contribution < -0.4 is 10.1 Å². The van der Waals surface area contributed by atoms with Crippen molar-refractivity contribution in [3.8, 4) is 5.75 Å². The number of nitro groups is 1. The van der Waals surface area contributed by atoms with Crippen LogP contribution in [-0.4, -0.2) is 25.1 Å². The summed E-state index contributed by atoms with van der Waals surface area (Å²) >= 11 is 0. The molecule has 0 spiro atoms. The molecule has 1 aliphatic rings. The summed E-state index contributed by atoms with van der Waals surface area (Å²) in [7, 11) is 3.56. The molecule has 0 saturated heterocycles. The zero-order chi connectivity index (χ0) is 15.2. The summed E-state index contributed by atoms with van der Waals surface area (Å²) in [4.78, 5) is 10.7. The highest BCUT2D eigenvalue weighted by Gasteiger charge is 2.23. The predicted octanol–water partition coefficient (Wildman–Crippen LogP) is 3.31. The molecule has 0 aromatic heterocycles. The zero-order valence-electron chi connectivity index (χ0n) is 12.8. The molecular weight excluding hydrogens is 268 g/mol. The van der Waals surface area contributed by atoms with Crippen LogP contribution in [0, 0.1) is 16.0 Å². The molecule has 21 heavy (non-hydrogen) atoms. The van der Waals surface area contributed by atoms with Crippen molar-refractivity contribution in [2.24, 2.45) is 5.92 Å². The molecule has 0 radical (unpaired) electrons. The number of non-ortho nitro benzene ring substituents is 1. The second-order valence-electron chi connectivity index (χ2n) is 5.79. The molecule has 1 saturated carbocycles. The van der Waals surface area contributed by atoms with Gasteiger partial charge in [0, 0.05) is 12.1 Å². The lowest BCUT2D eigenvalue weighted by atomic mass is 9.88. The van der Waals surface area contributed by atoms with Crippen molar-refractivity contribution in [3.63, 3.8) is 0 Å². The summed E-state index contributed by atoms with van der Waals surface area (Å²) in [5.74, 6) is 1.10. The molecule has 0 amide bonds. The molecule has 0 heterocycles. The van der Waals surface area contributed by atoms with E-state index in [0.717, 1.165) is 12.0 Å². The highest BCUT2D eigenvalue weighted by atomic mass is 16.6. The Kier molecular flexibility index (Phi) is 5.56. The number of hydrogen-bond donors (Lipinski definition) is 1. The van der Waals surface area contributed by atoms with E-state index in [4.69, 9.17) is 4.74 Å². The smallest absolute Gasteiger partial charge is 0.273 e. The number of hydrogen-bond acceptors (Lipinski definition) is 4. The first kappa shape index (κ1) is 15.8. The summed E-state index contributed by atoms with van der Waals surface area (Å²) in [6.45, 7) is 0. The molecule has 116 valence electrons. The van der Waals surface area contributed by atoms with Gasteiger partial charge in [0.25, 0.3) is 5.69 Å². The average molecular weight is 292 g/mol. The minimum atomic E-state index is -0.353. The van der Waals surface area contributed by atoms with Crippen LogP contribution in [0.25, 0.3) is 0 Å². The maximum atomic E-state index is 11.0. The lowest BCUT2D eigenvalue weighted by Gasteiger charge is -2.25. The normalized spacial score (nSPS) is 22.6. The van der Waals surface area contributed by atoms with Gasteiger partial charge < -0.3 is 10.1 Å². The molecule has 1 aromatic rings. The van der Waals surface area contributed by atoms with E-state index >= 15 is 0 Å². The maximum absolute atomic E-state index is 11.0. The molecule has 1 aliphatic carbocycles. The molecule has 2 rings (SSSR count). The number of rotatable bonds is 5. The molecule has 5 nitrogen and oxygen atoms in total. The van der Waals surface area contributed by atoms with Gasteiger partial charge >= 0.3 is 0 Å². The van der Waals surface area contributed by atoms with Gasteiger partial charge in [0.1, 0.15) is 5.75 Å². The second kappa shape index (κ2) is 7.41. The van der Waals surface area contributed by atoms with Crippen molar-refractivity contribution < 1.29 is 9.66 Å². The van der Waals surface area contributed by atoms with E-state index in [1.165, 1.54) is 38.2 Å². The Bertz CT molecular complexity index is 490. The number of methoxy groups -OCH3 is 1. The van der Waals surface area contributed by atoms with Gasteiger partial charge in [-0.1, -0.05) is 19.3 Å². The molecule has 0 aliphatic heterocycles. The Morgan fingerprint density at radius 1 is 1.29 bits per heavy atom. The summed E-state index contributed by atoms with van der Waals surface area (Å²) in [6.07, 6.45) is 7.02. The van der Waals surface area contributed by atoms with Gasteiger partial charge in [-0.2, -0.15) is 0 Å². The van der Waals surface area contributed by atoms with Gasteiger partial charge in [-0.05, 0) is 43.9 Å². The van der Waals surface area contributed by atoms with Crippen molar-refractivity contribution in [1.82, 2.24) is 5.32 Å². The van der Waals surface area contributed by atoms with E-state index in [2.05, 4.69) is 5.32 Å². The van der Waals surface area contributed by atoms with E-state index < -0.39 is 0 Å². The van der Waals surface area contributed by atoms with Gasteiger partial charge in [0.05, 0.1) is 18.1 Å². The number of ether oxygens (including phenoxy) is 1. The van der Waals surface area contributed by atoms with Crippen LogP contribution in [0.4, 0.5) is 5.69 Å². The Balaban J connectivity index is 2.20. The average Bonchev–Trinajstić information content (AvgIpc) is 2.71. The zero-order valence-corrected chi connectivity index (χ0v) is 12.8. The fraction of sp³-hybridized carbons (Fsp3) is 0.625. The molecular formula is C16H24N2O3. The number of benzene rings is 1. The molecule has 5 heteroatoms. The fourth-order valence-electron chi connectivity index (χ4n) is 3.30. The fourth-order valence-corrected chi connectivity index (χ4v) is 3.30. The minimum Gasteiger partial charge on any atom is -0.496 e. The minimum absolute atomic E-state index is 0.110. The van der Waals surface area contributed by atoms with E-state index in [1.807, 2.05) is 13.1 Å². The quantitative estimate of drug-likeness (QED) is 0.513. The van der Waals surface area contributed by atoms with Crippen molar-refractivity contribution in [3.05, 3.63) is 33.9 Å². The number of nitro benzene ring substituents is 1. The SMILES string of the molecule is CNC1CCCCCC1Cc1cc(OC)cc([N+](=O)[O-])c1. The summed E-state index contributed by atoms with van der Waals surface area (Å²) in [5.41, 5.74) is 1.10. The monoisotopic (exact) mass is 292 g/mol. The van der Waals surface area contributed by atoms with Crippen LogP contribution in [0.5, 0.6) is 5.75 Å². The molecule has 1 N–H and O–H groups in total. The Morgan fingerprint density at radius 2 is 2.05 bits per heavy atom. The van der Waals surface area contributed by atoms with Gasteiger partial charge in [-0.15, -0.1) is 0 Å². The number of nitrogens with zero attached hydrogens (tertiary/aromatic N) is 1. The van der Waals surface area contributed by atoms with Gasteiger partial charge in [-0.3, -0.25) is 10.1 Å². The van der Waals surface area contributed by atoms with E-state index in [9.17, 15) is 10.1 Å². The van der Waals surface area contributed by atoms with Crippen molar-refractivity contribution >= 4 is 5.69 Å². The first-order valence-corrected chi connectivity index (χ1v) is 7.63. The van der Waals surface area contributed by atoms with Gasteiger partial charge in [0.2, 0.25) is 0 Å². The lowest BCUT2D eigenvalue weighted by molar-refractivity contribution is -0.385. The largest absolute Gasteiger partial charge is 0.496 e. The Hall–Kier alpha value is -1.62. The van der Waals surface area contributed by atoms with Gasteiger partial charge in [-0.25, -0.2) is 0 Å². The standard InChI is InChI=1S/C16H24N2O3/c1-17-16-7-5-3-4-6-13(16)8-12-9-14(18(19)20)11-15(10-12)21-2/h9-11,13,16-17H,3-8H2,1-2H3. The lowest BCUT2D eigenvalue weighted by Crippen LogP contribution is -2.33. The summed E-state index contributed by atoms with van der Waals surface area (Å²) < 4.78 is 5.19. The molecule has 2 atom stereocenters. The first-order valence-electron chi connectivity index (χ1n) is 7.63. The van der Waals surface area contributed by atoms with E-state index in [1.54, 1.807) is 13.2 Å². The third-order valence-electron chi connectivity index (χ3n) is 4.43. The molecule has 1 fully saturated rings. The highest BCUT2D eigenvalue weighted by molar-refractivity contribution is 5.43. The molecule has 1 aromatic carbocycles. The van der Waals surface area contributed by atoms with Crippen LogP contribution in [-0.2, 0) is 6.42 Å². The van der Waals surface area contributed by atoms with Crippen molar-refractivity contribution in [1.29, 1.82) is 0 Å².